The van der Waals surface area contributed by atoms with Gasteiger partial charge in [-0.05, 0) is 55.3 Å². The molecule has 1 aliphatic heterocycles. The molecule has 0 aliphatic carbocycles. The molecule has 0 atom stereocenters. The molecular weight excluding hydrogens is 437 g/mol. The Morgan fingerprint density at radius 1 is 1.09 bits per heavy atom. The third-order valence-corrected chi connectivity index (χ3v) is 5.82. The third-order valence-electron chi connectivity index (χ3n) is 5.82. The van der Waals surface area contributed by atoms with Crippen molar-refractivity contribution in [2.75, 3.05) is 19.2 Å². The number of methoxy groups -OCH3 is 1. The number of hydrogen-bond acceptors (Lipinski definition) is 5. The first kappa shape index (κ1) is 21.6. The van der Waals surface area contributed by atoms with Gasteiger partial charge in [-0.1, -0.05) is 12.1 Å². The van der Waals surface area contributed by atoms with Gasteiger partial charge < -0.3 is 23.9 Å². The second-order valence-electron chi connectivity index (χ2n) is 8.00. The Morgan fingerprint density at radius 3 is 2.62 bits per heavy atom. The van der Waals surface area contributed by atoms with E-state index >= 15 is 0 Å². The minimum absolute atomic E-state index is 0.168. The molecular formula is C27H22FNO5. The van der Waals surface area contributed by atoms with Crippen LogP contribution in [0, 0.1) is 12.7 Å². The van der Waals surface area contributed by atoms with Crippen LogP contribution >= 0.6 is 0 Å². The van der Waals surface area contributed by atoms with Crippen LogP contribution in [-0.4, -0.2) is 19.8 Å². The molecule has 0 saturated carbocycles. The smallest absolute Gasteiger partial charge is 0.248 e. The zero-order valence-electron chi connectivity index (χ0n) is 18.9. The summed E-state index contributed by atoms with van der Waals surface area (Å²) >= 11 is 0. The molecule has 3 aromatic carbocycles. The van der Waals surface area contributed by atoms with Crippen molar-refractivity contribution < 1.29 is 27.8 Å². The SMILES string of the molecule is COc1c(/C(C)=C/C(=O)Nc2ccc3c(c2)OCO3)cc2c(-c3ccc(F)cc3)coc2c1C. The lowest BCUT2D eigenvalue weighted by molar-refractivity contribution is -0.111. The predicted molar refractivity (Wildman–Crippen MR) is 128 cm³/mol. The second kappa shape index (κ2) is 8.59. The van der Waals surface area contributed by atoms with Crippen LogP contribution < -0.4 is 19.5 Å². The number of fused-ring (bicyclic) bond motifs is 2. The molecule has 1 aromatic heterocycles. The van der Waals surface area contributed by atoms with E-state index in [-0.39, 0.29) is 18.5 Å². The van der Waals surface area contributed by atoms with Crippen molar-refractivity contribution in [2.24, 2.45) is 0 Å². The second-order valence-corrected chi connectivity index (χ2v) is 8.00. The Bertz CT molecular complexity index is 1440. The van der Waals surface area contributed by atoms with Gasteiger partial charge in [0.25, 0.3) is 0 Å². The topological polar surface area (TPSA) is 69.9 Å². The van der Waals surface area contributed by atoms with Crippen molar-refractivity contribution in [1.82, 2.24) is 0 Å². The molecule has 5 rings (SSSR count). The number of halogens is 1. The highest BCUT2D eigenvalue weighted by atomic mass is 19.1. The minimum Gasteiger partial charge on any atom is -0.496 e. The average molecular weight is 459 g/mol. The summed E-state index contributed by atoms with van der Waals surface area (Å²) < 4.78 is 35.6. The number of allylic oxidation sites excluding steroid dienone is 1. The number of rotatable bonds is 5. The van der Waals surface area contributed by atoms with Gasteiger partial charge in [0.2, 0.25) is 12.7 Å². The zero-order valence-corrected chi connectivity index (χ0v) is 18.9. The summed E-state index contributed by atoms with van der Waals surface area (Å²) in [6.45, 7) is 3.92. The summed E-state index contributed by atoms with van der Waals surface area (Å²) in [6, 6.07) is 13.4. The molecule has 7 heteroatoms. The summed E-state index contributed by atoms with van der Waals surface area (Å²) in [5, 5.41) is 3.70. The van der Waals surface area contributed by atoms with Gasteiger partial charge in [-0.25, -0.2) is 4.39 Å². The number of hydrogen-bond donors (Lipinski definition) is 1. The predicted octanol–water partition coefficient (Wildman–Crippen LogP) is 6.33. The van der Waals surface area contributed by atoms with Crippen LogP contribution in [-0.2, 0) is 4.79 Å². The number of benzene rings is 3. The van der Waals surface area contributed by atoms with Crippen molar-refractivity contribution in [3.8, 4) is 28.4 Å². The maximum atomic E-state index is 13.4. The Balaban J connectivity index is 1.51. The van der Waals surface area contributed by atoms with E-state index in [1.54, 1.807) is 43.7 Å². The van der Waals surface area contributed by atoms with Gasteiger partial charge in [0.15, 0.2) is 11.5 Å². The molecule has 1 N–H and O–H groups in total. The van der Waals surface area contributed by atoms with Gasteiger partial charge in [-0.15, -0.1) is 0 Å². The summed E-state index contributed by atoms with van der Waals surface area (Å²) in [5.41, 5.74) is 5.23. The molecule has 0 unspecified atom stereocenters. The maximum absolute atomic E-state index is 13.4. The Kier molecular flexibility index (Phi) is 5.45. The first-order valence-electron chi connectivity index (χ1n) is 10.7. The van der Waals surface area contributed by atoms with Gasteiger partial charge in [-0.2, -0.15) is 0 Å². The molecule has 6 nitrogen and oxygen atoms in total. The number of nitrogens with one attached hydrogen (secondary N) is 1. The first-order chi connectivity index (χ1) is 16.4. The number of carbonyl (C=O) groups excluding carboxylic acids is 1. The summed E-state index contributed by atoms with van der Waals surface area (Å²) in [6.07, 6.45) is 3.17. The van der Waals surface area contributed by atoms with Crippen LogP contribution in [0.1, 0.15) is 18.1 Å². The fraction of sp³-hybridized carbons (Fsp3) is 0.148. The minimum atomic E-state index is -0.303. The molecule has 34 heavy (non-hydrogen) atoms. The van der Waals surface area contributed by atoms with Crippen LogP contribution in [0.4, 0.5) is 10.1 Å². The Labute approximate surface area is 195 Å². The number of aryl methyl sites for hydroxylation is 1. The number of ether oxygens (including phenoxy) is 3. The zero-order chi connectivity index (χ0) is 23.8. The Hall–Kier alpha value is -4.26. The van der Waals surface area contributed by atoms with Gasteiger partial charge in [0, 0.05) is 39.9 Å². The quantitative estimate of drug-likeness (QED) is 0.353. The molecule has 2 heterocycles. The van der Waals surface area contributed by atoms with Gasteiger partial charge in [-0.3, -0.25) is 4.79 Å². The first-order valence-corrected chi connectivity index (χ1v) is 10.7. The maximum Gasteiger partial charge on any atom is 0.248 e. The average Bonchev–Trinajstić information content (AvgIpc) is 3.46. The van der Waals surface area contributed by atoms with Gasteiger partial charge >= 0.3 is 0 Å². The van der Waals surface area contributed by atoms with Crippen molar-refractivity contribution in [2.45, 2.75) is 13.8 Å². The lowest BCUT2D eigenvalue weighted by Crippen LogP contribution is -2.08. The molecule has 0 spiro atoms. The number of anilines is 1. The highest BCUT2D eigenvalue weighted by Crippen LogP contribution is 2.40. The van der Waals surface area contributed by atoms with E-state index in [4.69, 9.17) is 18.6 Å². The third kappa shape index (κ3) is 3.85. The largest absolute Gasteiger partial charge is 0.496 e. The summed E-state index contributed by atoms with van der Waals surface area (Å²) in [7, 11) is 1.58. The van der Waals surface area contributed by atoms with Crippen LogP contribution in [0.3, 0.4) is 0 Å². The van der Waals surface area contributed by atoms with Gasteiger partial charge in [0.1, 0.15) is 17.1 Å². The van der Waals surface area contributed by atoms with E-state index in [1.165, 1.54) is 18.2 Å². The standard InChI is InChI=1S/C27H22FNO5/c1-15(10-25(30)29-19-8-9-23-24(11-19)34-14-33-23)20-12-21-22(17-4-6-18(28)7-5-17)13-32-27(21)16(2)26(20)31-3/h4-13H,14H2,1-3H3,(H,29,30)/b15-10+. The van der Waals surface area contributed by atoms with E-state index in [9.17, 15) is 9.18 Å². The van der Waals surface area contributed by atoms with Crippen LogP contribution in [0.25, 0.3) is 27.7 Å². The molecule has 1 amide bonds. The van der Waals surface area contributed by atoms with E-state index < -0.39 is 0 Å². The van der Waals surface area contributed by atoms with Crippen molar-refractivity contribution in [3.63, 3.8) is 0 Å². The molecule has 0 fully saturated rings. The van der Waals surface area contributed by atoms with E-state index in [2.05, 4.69) is 5.32 Å². The number of amides is 1. The monoisotopic (exact) mass is 459 g/mol. The van der Waals surface area contributed by atoms with Crippen LogP contribution in [0.2, 0.25) is 0 Å². The van der Waals surface area contributed by atoms with E-state index in [0.717, 1.165) is 27.6 Å². The lowest BCUT2D eigenvalue weighted by Gasteiger charge is -2.13. The molecule has 1 aliphatic rings. The highest BCUT2D eigenvalue weighted by molar-refractivity contribution is 6.06. The Morgan fingerprint density at radius 2 is 1.85 bits per heavy atom. The fourth-order valence-corrected chi connectivity index (χ4v) is 4.15. The molecule has 0 radical (unpaired) electrons. The fourth-order valence-electron chi connectivity index (χ4n) is 4.15. The molecule has 4 aromatic rings. The normalized spacial score (nSPS) is 12.8. The van der Waals surface area contributed by atoms with Gasteiger partial charge in [0.05, 0.1) is 13.4 Å². The summed E-state index contributed by atoms with van der Waals surface area (Å²) in [4.78, 5) is 12.8. The highest BCUT2D eigenvalue weighted by Gasteiger charge is 2.19. The van der Waals surface area contributed by atoms with Crippen LogP contribution in [0.15, 0.2) is 65.3 Å². The molecule has 0 saturated heterocycles. The van der Waals surface area contributed by atoms with Crippen molar-refractivity contribution in [3.05, 3.63) is 77.8 Å². The lowest BCUT2D eigenvalue weighted by atomic mass is 9.96. The number of carbonyl (C=O) groups is 1. The van der Waals surface area contributed by atoms with Crippen molar-refractivity contribution >= 4 is 28.1 Å². The molecule has 172 valence electrons. The van der Waals surface area contributed by atoms with E-state index in [1.807, 2.05) is 19.9 Å². The summed E-state index contributed by atoms with van der Waals surface area (Å²) in [5.74, 6) is 1.27. The van der Waals surface area contributed by atoms with Crippen LogP contribution in [0.5, 0.6) is 17.2 Å². The number of furan rings is 1. The van der Waals surface area contributed by atoms with Crippen molar-refractivity contribution in [1.29, 1.82) is 0 Å². The van der Waals surface area contributed by atoms with E-state index in [0.29, 0.717) is 34.1 Å². The molecule has 0 bridgehead atoms.